The standard InChI is InChI=1S/C9H19NO/c1-5-6-10-9(7(2)3)8(4)11/h7,9-10H,5-6H2,1-4H3/t9-/m1/s1. The van der Waals surface area contributed by atoms with Crippen LogP contribution in [-0.2, 0) is 4.79 Å². The van der Waals surface area contributed by atoms with Gasteiger partial charge >= 0.3 is 0 Å². The Kier molecular flexibility index (Phi) is 5.12. The van der Waals surface area contributed by atoms with Crippen molar-refractivity contribution < 1.29 is 4.79 Å². The zero-order valence-electron chi connectivity index (χ0n) is 7.98. The first-order chi connectivity index (χ1) is 5.09. The Morgan fingerprint density at radius 2 is 2.00 bits per heavy atom. The van der Waals surface area contributed by atoms with E-state index in [1.54, 1.807) is 6.92 Å². The van der Waals surface area contributed by atoms with E-state index in [-0.39, 0.29) is 11.8 Å². The highest BCUT2D eigenvalue weighted by molar-refractivity contribution is 5.81. The molecule has 0 saturated carbocycles. The average Bonchev–Trinajstić information content (AvgIpc) is 1.87. The van der Waals surface area contributed by atoms with Crippen LogP contribution in [0.4, 0.5) is 0 Å². The molecule has 0 aromatic rings. The van der Waals surface area contributed by atoms with Gasteiger partial charge in [-0.15, -0.1) is 0 Å². The van der Waals surface area contributed by atoms with Crippen LogP contribution in [0, 0.1) is 5.92 Å². The lowest BCUT2D eigenvalue weighted by Crippen LogP contribution is -2.39. The minimum absolute atomic E-state index is 0.0509. The van der Waals surface area contributed by atoms with Crippen molar-refractivity contribution in [1.82, 2.24) is 5.32 Å². The molecule has 0 aliphatic carbocycles. The number of hydrogen-bond donors (Lipinski definition) is 1. The van der Waals surface area contributed by atoms with Gasteiger partial charge in [0.1, 0.15) is 5.78 Å². The summed E-state index contributed by atoms with van der Waals surface area (Å²) in [7, 11) is 0. The molecule has 2 nitrogen and oxygen atoms in total. The molecular weight excluding hydrogens is 138 g/mol. The van der Waals surface area contributed by atoms with Gasteiger partial charge in [-0.05, 0) is 25.8 Å². The van der Waals surface area contributed by atoms with Crippen molar-refractivity contribution in [1.29, 1.82) is 0 Å². The maximum Gasteiger partial charge on any atom is 0.146 e. The molecule has 0 bridgehead atoms. The molecule has 0 fully saturated rings. The third-order valence-corrected chi connectivity index (χ3v) is 1.72. The predicted molar refractivity (Wildman–Crippen MR) is 47.6 cm³/mol. The zero-order valence-corrected chi connectivity index (χ0v) is 7.98. The summed E-state index contributed by atoms with van der Waals surface area (Å²) in [6.45, 7) is 8.81. The second kappa shape index (κ2) is 5.30. The number of rotatable bonds is 5. The minimum atomic E-state index is 0.0509. The van der Waals surface area contributed by atoms with Crippen LogP contribution in [0.3, 0.4) is 0 Å². The number of carbonyl (C=O) groups is 1. The number of Topliss-reactive ketones (excluding diaryl/α,β-unsaturated/α-hetero) is 1. The third kappa shape index (κ3) is 4.14. The van der Waals surface area contributed by atoms with Crippen molar-refractivity contribution in [2.24, 2.45) is 5.92 Å². The van der Waals surface area contributed by atoms with Gasteiger partial charge in [-0.1, -0.05) is 20.8 Å². The van der Waals surface area contributed by atoms with Crippen molar-refractivity contribution >= 4 is 5.78 Å². The van der Waals surface area contributed by atoms with Crippen LogP contribution < -0.4 is 5.32 Å². The predicted octanol–water partition coefficient (Wildman–Crippen LogP) is 1.60. The molecule has 0 aliphatic rings. The fourth-order valence-electron chi connectivity index (χ4n) is 1.15. The highest BCUT2D eigenvalue weighted by atomic mass is 16.1. The Hall–Kier alpha value is -0.370. The minimum Gasteiger partial charge on any atom is -0.307 e. The number of carbonyl (C=O) groups excluding carboxylic acids is 1. The lowest BCUT2D eigenvalue weighted by atomic mass is 10.0. The molecule has 0 saturated heterocycles. The van der Waals surface area contributed by atoms with Crippen LogP contribution in [-0.4, -0.2) is 18.4 Å². The maximum absolute atomic E-state index is 11.0. The summed E-state index contributed by atoms with van der Waals surface area (Å²) in [5.74, 6) is 0.646. The lowest BCUT2D eigenvalue weighted by Gasteiger charge is -2.18. The maximum atomic E-state index is 11.0. The quantitative estimate of drug-likeness (QED) is 0.656. The second-order valence-corrected chi connectivity index (χ2v) is 3.29. The van der Waals surface area contributed by atoms with Crippen LogP contribution >= 0.6 is 0 Å². The number of ketones is 1. The topological polar surface area (TPSA) is 29.1 Å². The molecule has 1 atom stereocenters. The van der Waals surface area contributed by atoms with Gasteiger partial charge in [0.25, 0.3) is 0 Å². The van der Waals surface area contributed by atoms with E-state index < -0.39 is 0 Å². The van der Waals surface area contributed by atoms with E-state index in [4.69, 9.17) is 0 Å². The van der Waals surface area contributed by atoms with E-state index in [9.17, 15) is 4.79 Å². The van der Waals surface area contributed by atoms with E-state index in [1.807, 2.05) is 0 Å². The monoisotopic (exact) mass is 157 g/mol. The Labute approximate surface area is 69.4 Å². The molecule has 0 amide bonds. The van der Waals surface area contributed by atoms with Crippen LogP contribution in [0.2, 0.25) is 0 Å². The molecule has 1 N–H and O–H groups in total. The summed E-state index contributed by atoms with van der Waals surface area (Å²) in [5.41, 5.74) is 0. The SMILES string of the molecule is CCCN[C@@H](C(C)=O)C(C)C. The molecule has 11 heavy (non-hydrogen) atoms. The highest BCUT2D eigenvalue weighted by Gasteiger charge is 2.16. The lowest BCUT2D eigenvalue weighted by molar-refractivity contribution is -0.119. The largest absolute Gasteiger partial charge is 0.307 e. The smallest absolute Gasteiger partial charge is 0.146 e. The van der Waals surface area contributed by atoms with Gasteiger partial charge < -0.3 is 5.32 Å². The first kappa shape index (κ1) is 10.6. The summed E-state index contributed by atoms with van der Waals surface area (Å²) >= 11 is 0. The van der Waals surface area contributed by atoms with Gasteiger partial charge in [0.05, 0.1) is 6.04 Å². The molecular formula is C9H19NO. The van der Waals surface area contributed by atoms with E-state index >= 15 is 0 Å². The summed E-state index contributed by atoms with van der Waals surface area (Å²) in [6.07, 6.45) is 1.08. The Balaban J connectivity index is 3.80. The summed E-state index contributed by atoms with van der Waals surface area (Å²) in [6, 6.07) is 0.0509. The number of hydrogen-bond acceptors (Lipinski definition) is 2. The Morgan fingerprint density at radius 1 is 1.45 bits per heavy atom. The van der Waals surface area contributed by atoms with Crippen molar-refractivity contribution in [3.05, 3.63) is 0 Å². The summed E-state index contributed by atoms with van der Waals surface area (Å²) in [5, 5.41) is 3.22. The summed E-state index contributed by atoms with van der Waals surface area (Å²) < 4.78 is 0. The van der Waals surface area contributed by atoms with E-state index in [1.165, 1.54) is 0 Å². The van der Waals surface area contributed by atoms with Gasteiger partial charge in [-0.25, -0.2) is 0 Å². The normalized spacial score (nSPS) is 13.5. The summed E-state index contributed by atoms with van der Waals surface area (Å²) in [4.78, 5) is 11.0. The molecule has 0 radical (unpaired) electrons. The molecule has 0 unspecified atom stereocenters. The molecule has 0 aromatic heterocycles. The molecule has 0 rings (SSSR count). The van der Waals surface area contributed by atoms with Gasteiger partial charge in [0.15, 0.2) is 0 Å². The van der Waals surface area contributed by atoms with Crippen molar-refractivity contribution in [3.63, 3.8) is 0 Å². The molecule has 0 spiro atoms. The third-order valence-electron chi connectivity index (χ3n) is 1.72. The van der Waals surface area contributed by atoms with Crippen LogP contribution in [0.25, 0.3) is 0 Å². The van der Waals surface area contributed by atoms with E-state index in [0.717, 1.165) is 13.0 Å². The fourth-order valence-corrected chi connectivity index (χ4v) is 1.15. The van der Waals surface area contributed by atoms with Crippen molar-refractivity contribution in [2.75, 3.05) is 6.54 Å². The fraction of sp³-hybridized carbons (Fsp3) is 0.889. The van der Waals surface area contributed by atoms with Gasteiger partial charge in [-0.3, -0.25) is 4.79 Å². The van der Waals surface area contributed by atoms with Crippen LogP contribution in [0.1, 0.15) is 34.1 Å². The van der Waals surface area contributed by atoms with Crippen LogP contribution in [0.5, 0.6) is 0 Å². The average molecular weight is 157 g/mol. The Bertz CT molecular complexity index is 121. The molecule has 0 aromatic carbocycles. The van der Waals surface area contributed by atoms with E-state index in [2.05, 4.69) is 26.1 Å². The van der Waals surface area contributed by atoms with Crippen molar-refractivity contribution in [2.45, 2.75) is 40.2 Å². The molecule has 66 valence electrons. The van der Waals surface area contributed by atoms with E-state index in [0.29, 0.717) is 5.92 Å². The van der Waals surface area contributed by atoms with Gasteiger partial charge in [0, 0.05) is 0 Å². The number of nitrogens with one attached hydrogen (secondary N) is 1. The Morgan fingerprint density at radius 3 is 2.27 bits per heavy atom. The molecule has 0 heterocycles. The first-order valence-corrected chi connectivity index (χ1v) is 4.33. The zero-order chi connectivity index (χ0) is 8.85. The van der Waals surface area contributed by atoms with Crippen molar-refractivity contribution in [3.8, 4) is 0 Å². The van der Waals surface area contributed by atoms with Gasteiger partial charge in [0.2, 0.25) is 0 Å². The molecule has 2 heteroatoms. The molecule has 0 aliphatic heterocycles. The van der Waals surface area contributed by atoms with Crippen LogP contribution in [0.15, 0.2) is 0 Å². The van der Waals surface area contributed by atoms with Gasteiger partial charge in [-0.2, -0.15) is 0 Å². The first-order valence-electron chi connectivity index (χ1n) is 4.33. The second-order valence-electron chi connectivity index (χ2n) is 3.29. The highest BCUT2D eigenvalue weighted by Crippen LogP contribution is 2.02.